The summed E-state index contributed by atoms with van der Waals surface area (Å²) in [5, 5.41) is 15.3. The van der Waals surface area contributed by atoms with Gasteiger partial charge in [-0.25, -0.2) is 4.79 Å². The fourth-order valence-corrected chi connectivity index (χ4v) is 3.33. The maximum absolute atomic E-state index is 12.5. The smallest absolute Gasteiger partial charge is 0.326 e. The number of hydrogen-bond donors (Lipinski definition) is 6. The molecule has 3 atom stereocenters. The number of carbonyl (C=O) groups excluding carboxylic acids is 2. The van der Waals surface area contributed by atoms with Crippen LogP contribution in [0.3, 0.4) is 0 Å². The third-order valence-electron chi connectivity index (χ3n) is 4.59. The van der Waals surface area contributed by atoms with E-state index in [1.165, 1.54) is 0 Å². The average Bonchev–Trinajstić information content (AvgIpc) is 3.07. The van der Waals surface area contributed by atoms with Crippen molar-refractivity contribution in [2.75, 3.05) is 5.75 Å². The zero-order chi connectivity index (χ0) is 21.6. The second-order valence-corrected chi connectivity index (χ2v) is 7.81. The molecule has 1 aromatic heterocycles. The second kappa shape index (κ2) is 10.3. The molecule has 0 aliphatic heterocycles. The van der Waals surface area contributed by atoms with Crippen LogP contribution in [0.4, 0.5) is 0 Å². The summed E-state index contributed by atoms with van der Waals surface area (Å²) >= 11 is 4.11. The zero-order valence-electron chi connectivity index (χ0n) is 16.5. The van der Waals surface area contributed by atoms with Gasteiger partial charge in [0.25, 0.3) is 0 Å². The highest BCUT2D eigenvalue weighted by Gasteiger charge is 2.27. The monoisotopic (exact) mass is 420 g/mol. The number of carboxylic acids is 1. The largest absolute Gasteiger partial charge is 0.480 e. The lowest BCUT2D eigenvalue weighted by atomic mass is 10.0. The van der Waals surface area contributed by atoms with Crippen molar-refractivity contribution in [3.63, 3.8) is 0 Å². The van der Waals surface area contributed by atoms with E-state index < -0.39 is 35.9 Å². The summed E-state index contributed by atoms with van der Waals surface area (Å²) in [6, 6.07) is 4.82. The van der Waals surface area contributed by atoms with Crippen LogP contribution >= 0.6 is 12.6 Å². The molecule has 0 spiro atoms. The van der Waals surface area contributed by atoms with E-state index in [1.54, 1.807) is 0 Å². The Kier molecular flexibility index (Phi) is 8.10. The normalized spacial score (nSPS) is 14.4. The van der Waals surface area contributed by atoms with Gasteiger partial charge in [-0.15, -0.1) is 0 Å². The Morgan fingerprint density at radius 3 is 2.41 bits per heavy atom. The molecule has 29 heavy (non-hydrogen) atoms. The van der Waals surface area contributed by atoms with E-state index >= 15 is 0 Å². The number of para-hydroxylation sites is 1. The number of hydrogen-bond acceptors (Lipinski definition) is 5. The van der Waals surface area contributed by atoms with Gasteiger partial charge < -0.3 is 26.5 Å². The zero-order valence-corrected chi connectivity index (χ0v) is 17.4. The molecule has 0 aliphatic rings. The molecule has 0 saturated carbocycles. The van der Waals surface area contributed by atoms with Gasteiger partial charge in [-0.3, -0.25) is 9.59 Å². The molecule has 0 bridgehead atoms. The number of nitrogens with one attached hydrogen (secondary N) is 3. The minimum atomic E-state index is -1.12. The lowest BCUT2D eigenvalue weighted by Crippen LogP contribution is -2.55. The van der Waals surface area contributed by atoms with Crippen LogP contribution in [0, 0.1) is 5.92 Å². The molecule has 6 N–H and O–H groups in total. The summed E-state index contributed by atoms with van der Waals surface area (Å²) in [6.07, 6.45) is 2.39. The van der Waals surface area contributed by atoms with Crippen LogP contribution in [0.25, 0.3) is 10.9 Å². The molecular formula is C20H28N4O4S. The van der Waals surface area contributed by atoms with Crippen LogP contribution in [-0.4, -0.2) is 51.8 Å². The first-order valence-electron chi connectivity index (χ1n) is 9.47. The highest BCUT2D eigenvalue weighted by molar-refractivity contribution is 7.80. The third kappa shape index (κ3) is 6.23. The number of carbonyl (C=O) groups is 3. The number of benzene rings is 1. The molecule has 1 aromatic carbocycles. The summed E-state index contributed by atoms with van der Waals surface area (Å²) in [5.74, 6) is -2.11. The van der Waals surface area contributed by atoms with Crippen molar-refractivity contribution in [3.05, 3.63) is 36.0 Å². The van der Waals surface area contributed by atoms with E-state index in [4.69, 9.17) is 5.73 Å². The van der Waals surface area contributed by atoms with Crippen molar-refractivity contribution in [2.24, 2.45) is 11.7 Å². The SMILES string of the molecule is CC(C)C[C@H](NC(=O)[C@H](CS)NC(=O)[C@@H](N)Cc1c[nH]c2ccccc12)C(=O)O. The van der Waals surface area contributed by atoms with E-state index in [-0.39, 0.29) is 18.1 Å². The van der Waals surface area contributed by atoms with E-state index in [2.05, 4.69) is 28.2 Å². The predicted octanol–water partition coefficient (Wildman–Crippen LogP) is 1.07. The summed E-state index contributed by atoms with van der Waals surface area (Å²) < 4.78 is 0. The number of aromatic nitrogens is 1. The van der Waals surface area contributed by atoms with Gasteiger partial charge >= 0.3 is 5.97 Å². The van der Waals surface area contributed by atoms with Gasteiger partial charge in [-0.1, -0.05) is 32.0 Å². The predicted molar refractivity (Wildman–Crippen MR) is 115 cm³/mol. The number of aromatic amines is 1. The first-order chi connectivity index (χ1) is 13.7. The van der Waals surface area contributed by atoms with Gasteiger partial charge in [0.1, 0.15) is 12.1 Å². The Morgan fingerprint density at radius 1 is 1.14 bits per heavy atom. The highest BCUT2D eigenvalue weighted by Crippen LogP contribution is 2.18. The van der Waals surface area contributed by atoms with Crippen LogP contribution < -0.4 is 16.4 Å². The van der Waals surface area contributed by atoms with Crippen LogP contribution in [0.1, 0.15) is 25.8 Å². The Bertz CT molecular complexity index is 867. The number of nitrogens with two attached hydrogens (primary N) is 1. The summed E-state index contributed by atoms with van der Waals surface area (Å²) in [5.41, 5.74) is 7.89. The Morgan fingerprint density at radius 2 is 1.79 bits per heavy atom. The second-order valence-electron chi connectivity index (χ2n) is 7.44. The lowest BCUT2D eigenvalue weighted by molar-refractivity contribution is -0.142. The maximum atomic E-state index is 12.5. The minimum Gasteiger partial charge on any atom is -0.480 e. The van der Waals surface area contributed by atoms with E-state index in [1.807, 2.05) is 44.3 Å². The number of fused-ring (bicyclic) bond motifs is 1. The van der Waals surface area contributed by atoms with Gasteiger partial charge in [-0.05, 0) is 30.4 Å². The van der Waals surface area contributed by atoms with Crippen molar-refractivity contribution in [1.82, 2.24) is 15.6 Å². The molecule has 8 nitrogen and oxygen atoms in total. The molecular weight excluding hydrogens is 392 g/mol. The van der Waals surface area contributed by atoms with Crippen molar-refractivity contribution < 1.29 is 19.5 Å². The first kappa shape index (κ1) is 22.8. The van der Waals surface area contributed by atoms with E-state index in [0.29, 0.717) is 6.42 Å². The number of H-pyrrole nitrogens is 1. The number of aliphatic carboxylic acids is 1. The molecule has 0 fully saturated rings. The van der Waals surface area contributed by atoms with E-state index in [0.717, 1.165) is 16.5 Å². The van der Waals surface area contributed by atoms with Crippen molar-refractivity contribution in [2.45, 2.75) is 44.8 Å². The molecule has 0 aliphatic carbocycles. The number of thiol groups is 1. The fraction of sp³-hybridized carbons (Fsp3) is 0.450. The molecule has 0 unspecified atom stereocenters. The Hall–Kier alpha value is -2.52. The van der Waals surface area contributed by atoms with Crippen LogP contribution in [0.15, 0.2) is 30.5 Å². The molecule has 1 heterocycles. The molecule has 9 heteroatoms. The number of carboxylic acid groups (broad SMARTS) is 1. The summed E-state index contributed by atoms with van der Waals surface area (Å²) in [7, 11) is 0. The van der Waals surface area contributed by atoms with Gasteiger partial charge in [0.2, 0.25) is 11.8 Å². The number of rotatable bonds is 10. The minimum absolute atomic E-state index is 0.0192. The molecule has 0 radical (unpaired) electrons. The third-order valence-corrected chi connectivity index (χ3v) is 4.95. The van der Waals surface area contributed by atoms with Gasteiger partial charge in [-0.2, -0.15) is 12.6 Å². The average molecular weight is 421 g/mol. The summed E-state index contributed by atoms with van der Waals surface area (Å²) in [6.45, 7) is 3.73. The van der Waals surface area contributed by atoms with Crippen LogP contribution in [-0.2, 0) is 20.8 Å². The standard InChI is InChI=1S/C20H28N4O4S/c1-11(2)7-16(20(27)28)23-19(26)17(10-29)24-18(25)14(21)8-12-9-22-15-6-4-3-5-13(12)15/h3-6,9,11,14,16-17,22,29H,7-8,10,21H2,1-2H3,(H,23,26)(H,24,25)(H,27,28)/t14-,16-,17-/m0/s1. The number of amides is 2. The molecule has 0 saturated heterocycles. The van der Waals surface area contributed by atoms with Crippen molar-refractivity contribution in [3.8, 4) is 0 Å². The summed E-state index contributed by atoms with van der Waals surface area (Å²) in [4.78, 5) is 39.4. The quantitative estimate of drug-likeness (QED) is 0.319. The van der Waals surface area contributed by atoms with Gasteiger partial charge in [0.05, 0.1) is 6.04 Å². The molecule has 2 rings (SSSR count). The van der Waals surface area contributed by atoms with E-state index in [9.17, 15) is 19.5 Å². The van der Waals surface area contributed by atoms with Crippen molar-refractivity contribution in [1.29, 1.82) is 0 Å². The first-order valence-corrected chi connectivity index (χ1v) is 10.1. The molecule has 2 amide bonds. The topological polar surface area (TPSA) is 137 Å². The van der Waals surface area contributed by atoms with Gasteiger partial charge in [0.15, 0.2) is 0 Å². The van der Waals surface area contributed by atoms with Crippen LogP contribution in [0.2, 0.25) is 0 Å². The van der Waals surface area contributed by atoms with Gasteiger partial charge in [0, 0.05) is 22.9 Å². The van der Waals surface area contributed by atoms with Crippen molar-refractivity contribution >= 4 is 41.3 Å². The Labute approximate surface area is 175 Å². The maximum Gasteiger partial charge on any atom is 0.326 e. The fourth-order valence-electron chi connectivity index (χ4n) is 3.07. The molecule has 158 valence electrons. The Balaban J connectivity index is 1.98. The lowest BCUT2D eigenvalue weighted by Gasteiger charge is -2.22. The van der Waals surface area contributed by atoms with Crippen LogP contribution in [0.5, 0.6) is 0 Å². The molecule has 2 aromatic rings. The highest BCUT2D eigenvalue weighted by atomic mass is 32.1.